The third-order valence-corrected chi connectivity index (χ3v) is 6.19. The Morgan fingerprint density at radius 3 is 2.44 bits per heavy atom. The zero-order chi connectivity index (χ0) is 29.6. The van der Waals surface area contributed by atoms with Gasteiger partial charge in [0, 0.05) is 12.1 Å². The summed E-state index contributed by atoms with van der Waals surface area (Å²) in [5.41, 5.74) is 11.3. The van der Waals surface area contributed by atoms with E-state index in [9.17, 15) is 13.2 Å². The van der Waals surface area contributed by atoms with E-state index in [0.717, 1.165) is 27.9 Å². The summed E-state index contributed by atoms with van der Waals surface area (Å²) in [4.78, 5) is 8.72. The summed E-state index contributed by atoms with van der Waals surface area (Å²) in [5, 5.41) is 7.58. The van der Waals surface area contributed by atoms with E-state index < -0.39 is 6.36 Å². The Balaban J connectivity index is 1.28. The van der Waals surface area contributed by atoms with Crippen molar-refractivity contribution < 1.29 is 22.6 Å². The number of nitrogens with one attached hydrogen (secondary N) is 1. The van der Waals surface area contributed by atoms with E-state index >= 15 is 0 Å². The lowest BCUT2D eigenvalue weighted by Crippen LogP contribution is -2.31. The minimum atomic E-state index is -4.74. The van der Waals surface area contributed by atoms with Gasteiger partial charge in [0.25, 0.3) is 11.2 Å². The molecule has 0 amide bonds. The highest BCUT2D eigenvalue weighted by Gasteiger charge is 2.31. The molecule has 0 aliphatic carbocycles. The van der Waals surface area contributed by atoms with Crippen LogP contribution in [0.1, 0.15) is 36.5 Å². The Kier molecular flexibility index (Phi) is 9.23. The van der Waals surface area contributed by atoms with Gasteiger partial charge < -0.3 is 20.5 Å². The quantitative estimate of drug-likeness (QED) is 0.142. The molecule has 1 aromatic heterocycles. The van der Waals surface area contributed by atoms with Crippen LogP contribution in [0, 0.1) is 6.92 Å². The molecule has 0 bridgehead atoms. The zero-order valence-electron chi connectivity index (χ0n) is 22.6. The topological polar surface area (TPSA) is 99.6 Å². The molecule has 0 atom stereocenters. The molecule has 0 aliphatic rings. The molecule has 3 N–H and O–H groups in total. The average molecular weight is 583 g/mol. The number of rotatable bonds is 8. The summed E-state index contributed by atoms with van der Waals surface area (Å²) in [5.74, 6) is 0.453. The van der Waals surface area contributed by atoms with Gasteiger partial charge in [-0.05, 0) is 78.5 Å². The van der Waals surface area contributed by atoms with Crippen molar-refractivity contribution in [1.82, 2.24) is 20.1 Å². The first-order valence-electron chi connectivity index (χ1n) is 12.7. The van der Waals surface area contributed by atoms with Gasteiger partial charge in [0.15, 0.2) is 5.82 Å². The lowest BCUT2D eigenvalue weighted by molar-refractivity contribution is -0.274. The van der Waals surface area contributed by atoms with E-state index in [-0.39, 0.29) is 22.9 Å². The summed E-state index contributed by atoms with van der Waals surface area (Å²) in [6.07, 6.45) is -2.58. The number of nitrogens with two attached hydrogens (primary N) is 1. The van der Waals surface area contributed by atoms with Crippen molar-refractivity contribution >= 4 is 29.1 Å². The van der Waals surface area contributed by atoms with Crippen LogP contribution in [0.5, 0.6) is 5.75 Å². The maximum Gasteiger partial charge on any atom is 0.573 e. The van der Waals surface area contributed by atoms with Crippen molar-refractivity contribution in [3.8, 4) is 22.8 Å². The molecule has 12 heteroatoms. The standard InChI is InChI=1S/C29H29F3N6O2S/c1-18(2)24-13-4-19(3)16-25(24)36-27(33)39-28(41)34-15-14-20-5-7-21(8-6-20)26-35-17-38(37-26)22-9-11-23(12-10-22)40-29(30,31)32/h4-13,16-18H,14-15H2,1-3H3,(H2,33,36)(H,34,41). The fraction of sp³-hybridized carbons (Fsp3) is 0.241. The van der Waals surface area contributed by atoms with Crippen LogP contribution in [0.4, 0.5) is 18.9 Å². The molecular formula is C29H29F3N6O2S. The first kappa shape index (κ1) is 29.5. The van der Waals surface area contributed by atoms with Gasteiger partial charge in [-0.2, -0.15) is 4.99 Å². The van der Waals surface area contributed by atoms with E-state index in [1.54, 1.807) is 0 Å². The molecule has 0 aliphatic heterocycles. The number of hydrogen-bond donors (Lipinski definition) is 2. The van der Waals surface area contributed by atoms with Crippen LogP contribution in [-0.2, 0) is 11.2 Å². The SMILES string of the molecule is Cc1ccc(C(C)C)c(N=C(N)OC(=S)NCCc2ccc(-c3ncn(-c4ccc(OC(F)(F)F)cc4)n3)cc2)c1. The van der Waals surface area contributed by atoms with E-state index in [2.05, 4.69) is 39.0 Å². The monoisotopic (exact) mass is 582 g/mol. The van der Waals surface area contributed by atoms with Gasteiger partial charge in [0.2, 0.25) is 0 Å². The number of ether oxygens (including phenoxy) is 2. The average Bonchev–Trinajstić information content (AvgIpc) is 3.39. The third kappa shape index (κ3) is 8.52. The number of aliphatic imine (C=N–C) groups is 1. The van der Waals surface area contributed by atoms with Crippen LogP contribution in [0.25, 0.3) is 17.1 Å². The van der Waals surface area contributed by atoms with Gasteiger partial charge in [0.1, 0.15) is 12.1 Å². The van der Waals surface area contributed by atoms with Crippen molar-refractivity contribution in [3.05, 3.63) is 89.7 Å². The van der Waals surface area contributed by atoms with Crippen LogP contribution >= 0.6 is 12.2 Å². The molecule has 4 aromatic rings. The molecule has 8 nitrogen and oxygen atoms in total. The van der Waals surface area contributed by atoms with E-state index in [0.29, 0.717) is 24.5 Å². The fourth-order valence-electron chi connectivity index (χ4n) is 3.96. The normalized spacial score (nSPS) is 11.9. The van der Waals surface area contributed by atoms with E-state index in [1.165, 1.54) is 35.3 Å². The zero-order valence-corrected chi connectivity index (χ0v) is 23.5. The first-order chi connectivity index (χ1) is 19.5. The summed E-state index contributed by atoms with van der Waals surface area (Å²) >= 11 is 5.26. The Bertz CT molecular complexity index is 1520. The highest BCUT2D eigenvalue weighted by Crippen LogP contribution is 2.28. The number of alkyl halides is 3. The Hall–Kier alpha value is -4.45. The van der Waals surface area contributed by atoms with Crippen molar-refractivity contribution in [2.24, 2.45) is 10.7 Å². The summed E-state index contributed by atoms with van der Waals surface area (Å²) in [7, 11) is 0. The number of hydrogen-bond acceptors (Lipinski definition) is 6. The lowest BCUT2D eigenvalue weighted by Gasteiger charge is -2.12. The van der Waals surface area contributed by atoms with Gasteiger partial charge in [-0.1, -0.05) is 50.2 Å². The van der Waals surface area contributed by atoms with Gasteiger partial charge in [-0.25, -0.2) is 9.67 Å². The summed E-state index contributed by atoms with van der Waals surface area (Å²) < 4.78 is 48.0. The van der Waals surface area contributed by atoms with E-state index in [1.807, 2.05) is 49.4 Å². The highest BCUT2D eigenvalue weighted by atomic mass is 32.1. The predicted octanol–water partition coefficient (Wildman–Crippen LogP) is 6.34. The number of thiocarbonyl (C=S) groups is 1. The molecule has 0 fully saturated rings. The minimum Gasteiger partial charge on any atom is -0.406 e. The van der Waals surface area contributed by atoms with Gasteiger partial charge in [-0.3, -0.25) is 0 Å². The smallest absolute Gasteiger partial charge is 0.406 e. The Morgan fingerprint density at radius 2 is 1.78 bits per heavy atom. The first-order valence-corrected chi connectivity index (χ1v) is 13.2. The molecule has 214 valence electrons. The van der Waals surface area contributed by atoms with Crippen LogP contribution in [0.15, 0.2) is 78.0 Å². The van der Waals surface area contributed by atoms with Gasteiger partial charge in [0.05, 0.1) is 11.4 Å². The maximum atomic E-state index is 12.4. The number of amidine groups is 1. The Labute approximate surface area is 241 Å². The molecule has 41 heavy (non-hydrogen) atoms. The lowest BCUT2D eigenvalue weighted by atomic mass is 10.00. The van der Waals surface area contributed by atoms with Gasteiger partial charge >= 0.3 is 6.36 Å². The highest BCUT2D eigenvalue weighted by molar-refractivity contribution is 7.80. The summed E-state index contributed by atoms with van der Waals surface area (Å²) in [6.45, 7) is 6.69. The van der Waals surface area contributed by atoms with Crippen LogP contribution in [-0.4, -0.2) is 38.9 Å². The van der Waals surface area contributed by atoms with Crippen molar-refractivity contribution in [1.29, 1.82) is 0 Å². The molecule has 4 rings (SSSR count). The second kappa shape index (κ2) is 12.8. The molecule has 0 unspecified atom stereocenters. The maximum absolute atomic E-state index is 12.4. The van der Waals surface area contributed by atoms with Gasteiger partial charge in [-0.15, -0.1) is 18.3 Å². The minimum absolute atomic E-state index is 0.0307. The number of nitrogens with zero attached hydrogens (tertiary/aromatic N) is 4. The molecule has 1 heterocycles. The van der Waals surface area contributed by atoms with Crippen LogP contribution < -0.4 is 15.8 Å². The van der Waals surface area contributed by atoms with Crippen molar-refractivity contribution in [2.75, 3.05) is 6.54 Å². The van der Waals surface area contributed by atoms with E-state index in [4.69, 9.17) is 22.7 Å². The second-order valence-corrected chi connectivity index (χ2v) is 9.86. The fourth-order valence-corrected chi connectivity index (χ4v) is 4.15. The number of halogens is 3. The van der Waals surface area contributed by atoms with Crippen LogP contribution in [0.2, 0.25) is 0 Å². The van der Waals surface area contributed by atoms with Crippen molar-refractivity contribution in [3.63, 3.8) is 0 Å². The largest absolute Gasteiger partial charge is 0.573 e. The molecular weight excluding hydrogens is 553 g/mol. The molecule has 0 saturated heterocycles. The predicted molar refractivity (Wildman–Crippen MR) is 155 cm³/mol. The molecule has 0 saturated carbocycles. The number of aromatic nitrogens is 3. The second-order valence-electron chi connectivity index (χ2n) is 9.48. The molecule has 0 spiro atoms. The van der Waals surface area contributed by atoms with Crippen molar-refractivity contribution in [2.45, 2.75) is 39.5 Å². The number of aryl methyl sites for hydroxylation is 1. The molecule has 3 aromatic carbocycles. The summed E-state index contributed by atoms with van der Waals surface area (Å²) in [6, 6.07) is 19.1. The third-order valence-electron chi connectivity index (χ3n) is 5.96. The molecule has 0 radical (unpaired) electrons. The van der Waals surface area contributed by atoms with Crippen LogP contribution in [0.3, 0.4) is 0 Å². The Morgan fingerprint density at radius 1 is 1.07 bits per heavy atom. The number of benzene rings is 3.